The second-order valence-corrected chi connectivity index (χ2v) is 8.32. The fourth-order valence-corrected chi connectivity index (χ4v) is 5.62. The van der Waals surface area contributed by atoms with Gasteiger partial charge in [0.25, 0.3) is 5.91 Å². The number of rotatable bonds is 5. The van der Waals surface area contributed by atoms with E-state index in [-0.39, 0.29) is 5.91 Å². The van der Waals surface area contributed by atoms with Gasteiger partial charge in [0.05, 0.1) is 19.8 Å². The number of nitrogens with one attached hydrogen (secondary N) is 1. The topological polar surface area (TPSA) is 52.5 Å². The van der Waals surface area contributed by atoms with Crippen molar-refractivity contribution in [1.82, 2.24) is 4.57 Å². The third-order valence-corrected chi connectivity index (χ3v) is 6.89. The number of methoxy groups -OCH3 is 2. The number of hydrogen-bond donors (Lipinski definition) is 1. The van der Waals surface area contributed by atoms with Crippen LogP contribution < -0.4 is 14.8 Å². The van der Waals surface area contributed by atoms with Gasteiger partial charge in [-0.3, -0.25) is 4.79 Å². The number of carbonyl (C=O) groups is 1. The molecule has 1 aromatic carbocycles. The molecular weight excluding hydrogens is 380 g/mol. The third kappa shape index (κ3) is 3.57. The van der Waals surface area contributed by atoms with Crippen molar-refractivity contribution in [3.63, 3.8) is 0 Å². The third-order valence-electron chi connectivity index (χ3n) is 4.48. The number of benzene rings is 1. The Morgan fingerprint density at radius 3 is 2.48 bits per heavy atom. The van der Waals surface area contributed by atoms with Crippen molar-refractivity contribution in [3.8, 4) is 16.5 Å². The van der Waals surface area contributed by atoms with E-state index in [1.165, 1.54) is 10.4 Å². The van der Waals surface area contributed by atoms with Crippen LogP contribution in [0.3, 0.4) is 0 Å². The van der Waals surface area contributed by atoms with Crippen molar-refractivity contribution >= 4 is 34.7 Å². The maximum absolute atomic E-state index is 13.3. The molecule has 140 valence electrons. The van der Waals surface area contributed by atoms with Gasteiger partial charge >= 0.3 is 0 Å². The highest BCUT2D eigenvalue weighted by Crippen LogP contribution is 2.39. The maximum Gasteiger partial charge on any atom is 0.258 e. The number of nitrogens with zero attached hydrogens (tertiary/aromatic N) is 1. The van der Waals surface area contributed by atoms with Gasteiger partial charge in [-0.2, -0.15) is 11.8 Å². The zero-order valence-electron chi connectivity index (χ0n) is 15.2. The molecule has 27 heavy (non-hydrogen) atoms. The molecule has 0 radical (unpaired) electrons. The van der Waals surface area contributed by atoms with E-state index in [9.17, 15) is 4.79 Å². The highest BCUT2D eigenvalue weighted by Gasteiger charge is 2.26. The lowest BCUT2D eigenvalue weighted by Gasteiger charge is -2.14. The molecule has 0 saturated heterocycles. The Labute approximate surface area is 166 Å². The number of carbonyl (C=O) groups excluding carboxylic acids is 1. The van der Waals surface area contributed by atoms with Crippen LogP contribution in [0.15, 0.2) is 42.7 Å². The number of thioether (sulfide) groups is 1. The number of hydrogen-bond acceptors (Lipinski definition) is 5. The Kier molecular flexibility index (Phi) is 5.13. The van der Waals surface area contributed by atoms with Crippen LogP contribution >= 0.6 is 23.1 Å². The van der Waals surface area contributed by atoms with E-state index in [2.05, 4.69) is 5.32 Å². The molecule has 1 amide bonds. The summed E-state index contributed by atoms with van der Waals surface area (Å²) in [5.41, 5.74) is 2.60. The van der Waals surface area contributed by atoms with Crippen molar-refractivity contribution in [3.05, 3.63) is 58.7 Å². The highest BCUT2D eigenvalue weighted by atomic mass is 32.2. The monoisotopic (exact) mass is 400 g/mol. The lowest BCUT2D eigenvalue weighted by atomic mass is 10.1. The Hall–Kier alpha value is -2.38. The van der Waals surface area contributed by atoms with E-state index in [1.807, 2.05) is 40.9 Å². The minimum atomic E-state index is -0.0987. The van der Waals surface area contributed by atoms with Crippen LogP contribution in [0.5, 0.6) is 11.5 Å². The first-order valence-electron chi connectivity index (χ1n) is 8.59. The Morgan fingerprint density at radius 1 is 1.11 bits per heavy atom. The molecule has 0 unspecified atom stereocenters. The Morgan fingerprint density at radius 2 is 1.81 bits per heavy atom. The van der Waals surface area contributed by atoms with Crippen molar-refractivity contribution in [2.45, 2.75) is 12.2 Å². The van der Waals surface area contributed by atoms with E-state index in [0.29, 0.717) is 17.2 Å². The van der Waals surface area contributed by atoms with Crippen molar-refractivity contribution in [2.24, 2.45) is 0 Å². The first kappa shape index (κ1) is 18.0. The fraction of sp³-hybridized carbons (Fsp3) is 0.250. The van der Waals surface area contributed by atoms with E-state index in [1.54, 1.807) is 43.8 Å². The Balaban J connectivity index is 1.73. The number of amides is 1. The highest BCUT2D eigenvalue weighted by molar-refractivity contribution is 7.98. The smallest absolute Gasteiger partial charge is 0.258 e. The summed E-state index contributed by atoms with van der Waals surface area (Å²) in [5.74, 6) is 3.19. The van der Waals surface area contributed by atoms with E-state index >= 15 is 0 Å². The number of aromatic nitrogens is 1. The first-order valence-corrected chi connectivity index (χ1v) is 10.6. The van der Waals surface area contributed by atoms with Gasteiger partial charge in [0.1, 0.15) is 16.5 Å². The number of fused-ring (bicyclic) bond motifs is 1. The zero-order chi connectivity index (χ0) is 18.8. The number of thiophene rings is 1. The van der Waals surface area contributed by atoms with Gasteiger partial charge in [-0.25, -0.2) is 0 Å². The second kappa shape index (κ2) is 7.70. The molecule has 1 N–H and O–H groups in total. The lowest BCUT2D eigenvalue weighted by Crippen LogP contribution is -2.16. The van der Waals surface area contributed by atoms with Crippen molar-refractivity contribution < 1.29 is 14.3 Å². The van der Waals surface area contributed by atoms with Crippen LogP contribution in [0, 0.1) is 0 Å². The fourth-order valence-electron chi connectivity index (χ4n) is 3.18. The average Bonchev–Trinajstić information content (AvgIpc) is 3.34. The summed E-state index contributed by atoms with van der Waals surface area (Å²) in [6.45, 7) is 0. The summed E-state index contributed by atoms with van der Waals surface area (Å²) in [6.07, 6.45) is 4.88. The molecule has 3 heterocycles. The van der Waals surface area contributed by atoms with E-state index in [4.69, 9.17) is 9.47 Å². The molecule has 0 spiro atoms. The van der Waals surface area contributed by atoms with Crippen molar-refractivity contribution in [1.29, 1.82) is 0 Å². The summed E-state index contributed by atoms with van der Waals surface area (Å²) in [6, 6.07) is 9.32. The second-order valence-electron chi connectivity index (χ2n) is 6.13. The molecule has 5 nitrogen and oxygen atoms in total. The number of anilines is 1. The largest absolute Gasteiger partial charge is 0.497 e. The molecular formula is C20H20N2O3S2. The molecule has 0 fully saturated rings. The van der Waals surface area contributed by atoms with Gasteiger partial charge in [-0.15, -0.1) is 11.3 Å². The molecule has 4 rings (SSSR count). The van der Waals surface area contributed by atoms with Gasteiger partial charge in [-0.05, 0) is 29.9 Å². The minimum Gasteiger partial charge on any atom is -0.497 e. The SMILES string of the molecule is COc1cc(NC(=O)c2c(-n3cccc3)sc3c2CCSC3)cc(OC)c1. The van der Waals surface area contributed by atoms with Gasteiger partial charge in [-0.1, -0.05) is 0 Å². The lowest BCUT2D eigenvalue weighted by molar-refractivity contribution is 0.102. The molecule has 0 bridgehead atoms. The normalized spacial score (nSPS) is 13.1. The van der Waals surface area contributed by atoms with Gasteiger partial charge in [0.15, 0.2) is 0 Å². The standard InChI is InChI=1S/C20H20N2O3S2/c1-24-14-9-13(10-15(11-14)25-2)21-19(23)18-16-5-8-26-12-17(16)27-20(18)22-6-3-4-7-22/h3-4,6-7,9-11H,5,8,12H2,1-2H3,(H,21,23). The molecule has 3 aromatic rings. The quantitative estimate of drug-likeness (QED) is 0.680. The van der Waals surface area contributed by atoms with E-state index < -0.39 is 0 Å². The zero-order valence-corrected chi connectivity index (χ0v) is 16.8. The van der Waals surface area contributed by atoms with Crippen molar-refractivity contribution in [2.75, 3.05) is 25.3 Å². The molecule has 7 heteroatoms. The molecule has 1 aliphatic rings. The average molecular weight is 401 g/mol. The first-order chi connectivity index (χ1) is 13.2. The summed E-state index contributed by atoms with van der Waals surface area (Å²) in [7, 11) is 3.19. The predicted molar refractivity (Wildman–Crippen MR) is 111 cm³/mol. The summed E-state index contributed by atoms with van der Waals surface area (Å²) >= 11 is 3.62. The maximum atomic E-state index is 13.3. The van der Waals surface area contributed by atoms with Crippen LogP contribution in [-0.4, -0.2) is 30.4 Å². The molecule has 1 aliphatic heterocycles. The number of ether oxygens (including phenoxy) is 2. The van der Waals surface area contributed by atoms with Crippen LogP contribution in [0.2, 0.25) is 0 Å². The van der Waals surface area contributed by atoms with Crippen LogP contribution in [0.1, 0.15) is 20.8 Å². The predicted octanol–water partition coefficient (Wildman–Crippen LogP) is 4.60. The summed E-state index contributed by atoms with van der Waals surface area (Å²) < 4.78 is 12.6. The summed E-state index contributed by atoms with van der Waals surface area (Å²) in [4.78, 5) is 14.6. The molecule has 0 atom stereocenters. The van der Waals surface area contributed by atoms with E-state index in [0.717, 1.165) is 28.5 Å². The molecule has 2 aromatic heterocycles. The van der Waals surface area contributed by atoms with Gasteiger partial charge in [0.2, 0.25) is 0 Å². The minimum absolute atomic E-state index is 0.0987. The van der Waals surface area contributed by atoms with Gasteiger partial charge < -0.3 is 19.4 Å². The van der Waals surface area contributed by atoms with Crippen LogP contribution in [-0.2, 0) is 12.2 Å². The summed E-state index contributed by atoms with van der Waals surface area (Å²) in [5, 5.41) is 4.01. The van der Waals surface area contributed by atoms with Crippen LogP contribution in [0.25, 0.3) is 5.00 Å². The molecule has 0 saturated carbocycles. The Bertz CT molecular complexity index is 942. The molecule has 0 aliphatic carbocycles. The van der Waals surface area contributed by atoms with Gasteiger partial charge in [0, 0.05) is 46.9 Å². The van der Waals surface area contributed by atoms with Crippen LogP contribution in [0.4, 0.5) is 5.69 Å².